The number of benzene rings is 4. The first kappa shape index (κ1) is 19.3. The fourth-order valence-electron chi connectivity index (χ4n) is 3.09. The zero-order chi connectivity index (χ0) is 20.8. The lowest BCUT2D eigenvalue weighted by molar-refractivity contribution is 0.0955. The van der Waals surface area contributed by atoms with E-state index in [0.29, 0.717) is 17.9 Å². The number of fused-ring (bicyclic) bond motifs is 1. The summed E-state index contributed by atoms with van der Waals surface area (Å²) >= 11 is 0. The van der Waals surface area contributed by atoms with Crippen molar-refractivity contribution in [2.75, 3.05) is 0 Å². The molecule has 0 saturated carbocycles. The Hall–Kier alpha value is -3.99. The van der Waals surface area contributed by atoms with Crippen LogP contribution in [0.1, 0.15) is 21.5 Å². The molecule has 1 amide bonds. The van der Waals surface area contributed by atoms with Crippen molar-refractivity contribution in [3.63, 3.8) is 0 Å². The highest BCUT2D eigenvalue weighted by molar-refractivity contribution is 6.03. The first-order chi connectivity index (χ1) is 14.7. The molecule has 0 bridgehead atoms. The second-order valence-electron chi connectivity index (χ2n) is 6.68. The van der Waals surface area contributed by atoms with Gasteiger partial charge in [0.15, 0.2) is 0 Å². The van der Waals surface area contributed by atoms with E-state index in [0.717, 1.165) is 21.9 Å². The van der Waals surface area contributed by atoms with Gasteiger partial charge in [-0.05, 0) is 46.7 Å². The van der Waals surface area contributed by atoms with Crippen LogP contribution in [0, 0.1) is 5.82 Å². The Morgan fingerprint density at radius 1 is 0.900 bits per heavy atom. The Bertz CT molecular complexity index is 1190. The van der Waals surface area contributed by atoms with E-state index in [1.54, 1.807) is 6.21 Å². The van der Waals surface area contributed by atoms with Gasteiger partial charge in [0.05, 0.1) is 6.21 Å². The molecule has 4 nitrogen and oxygen atoms in total. The summed E-state index contributed by atoms with van der Waals surface area (Å²) in [6.07, 6.45) is 1.57. The fraction of sp³-hybridized carbons (Fsp3) is 0.0400. The summed E-state index contributed by atoms with van der Waals surface area (Å²) in [4.78, 5) is 12.2. The summed E-state index contributed by atoms with van der Waals surface area (Å²) < 4.78 is 19.1. The summed E-state index contributed by atoms with van der Waals surface area (Å²) in [5.74, 6) is -0.151. The van der Waals surface area contributed by atoms with Crippen LogP contribution in [0.3, 0.4) is 0 Å². The van der Waals surface area contributed by atoms with Crippen molar-refractivity contribution in [1.82, 2.24) is 5.43 Å². The third kappa shape index (κ3) is 4.52. The highest BCUT2D eigenvalue weighted by atomic mass is 19.1. The Labute approximate surface area is 173 Å². The third-order valence-corrected chi connectivity index (χ3v) is 4.63. The topological polar surface area (TPSA) is 50.7 Å². The summed E-state index contributed by atoms with van der Waals surface area (Å²) in [5, 5.41) is 6.11. The minimum absolute atomic E-state index is 0.326. The molecule has 148 valence electrons. The van der Waals surface area contributed by atoms with Gasteiger partial charge in [0.2, 0.25) is 0 Å². The van der Waals surface area contributed by atoms with E-state index in [1.165, 1.54) is 24.3 Å². The number of carbonyl (C=O) groups is 1. The Morgan fingerprint density at radius 2 is 1.63 bits per heavy atom. The zero-order valence-corrected chi connectivity index (χ0v) is 16.1. The number of amides is 1. The van der Waals surface area contributed by atoms with Crippen LogP contribution in [0.4, 0.5) is 4.39 Å². The van der Waals surface area contributed by atoms with Crippen molar-refractivity contribution in [3.05, 3.63) is 114 Å². The molecule has 4 aromatic carbocycles. The Balaban J connectivity index is 1.58. The van der Waals surface area contributed by atoms with Crippen LogP contribution >= 0.6 is 0 Å². The second-order valence-corrected chi connectivity index (χ2v) is 6.68. The highest BCUT2D eigenvalue weighted by Gasteiger charge is 2.09. The quantitative estimate of drug-likeness (QED) is 0.353. The van der Waals surface area contributed by atoms with Gasteiger partial charge in [0, 0.05) is 11.1 Å². The van der Waals surface area contributed by atoms with Gasteiger partial charge in [-0.3, -0.25) is 4.79 Å². The molecule has 0 unspecified atom stereocenters. The lowest BCUT2D eigenvalue weighted by atomic mass is 10.0. The molecular weight excluding hydrogens is 379 g/mol. The molecule has 30 heavy (non-hydrogen) atoms. The van der Waals surface area contributed by atoms with E-state index in [9.17, 15) is 9.18 Å². The maximum Gasteiger partial charge on any atom is 0.271 e. The molecular formula is C25H19FN2O2. The standard InChI is InChI=1S/C25H19FN2O2/c26-21-13-10-20(11-14-21)25(29)28-27-16-23-22-9-5-4-8-19(22)12-15-24(23)30-17-18-6-2-1-3-7-18/h1-16H,17H2,(H,28,29)/b27-16-. The van der Waals surface area contributed by atoms with Gasteiger partial charge in [0.1, 0.15) is 18.2 Å². The van der Waals surface area contributed by atoms with E-state index in [-0.39, 0.29) is 0 Å². The molecule has 0 aliphatic carbocycles. The number of nitrogens with zero attached hydrogens (tertiary/aromatic N) is 1. The fourth-order valence-corrected chi connectivity index (χ4v) is 3.09. The molecule has 0 radical (unpaired) electrons. The van der Waals surface area contributed by atoms with Gasteiger partial charge in [-0.2, -0.15) is 5.10 Å². The smallest absolute Gasteiger partial charge is 0.271 e. The highest BCUT2D eigenvalue weighted by Crippen LogP contribution is 2.27. The van der Waals surface area contributed by atoms with Crippen molar-refractivity contribution in [3.8, 4) is 5.75 Å². The van der Waals surface area contributed by atoms with Crippen LogP contribution in [0.15, 0.2) is 96.1 Å². The minimum Gasteiger partial charge on any atom is -0.488 e. The lowest BCUT2D eigenvalue weighted by Crippen LogP contribution is -2.17. The number of halogens is 1. The number of carbonyl (C=O) groups excluding carboxylic acids is 1. The lowest BCUT2D eigenvalue weighted by Gasteiger charge is -2.12. The maximum absolute atomic E-state index is 13.0. The van der Waals surface area contributed by atoms with Gasteiger partial charge in [-0.1, -0.05) is 60.7 Å². The minimum atomic E-state index is -0.418. The van der Waals surface area contributed by atoms with Gasteiger partial charge in [0.25, 0.3) is 5.91 Å². The van der Waals surface area contributed by atoms with Crippen molar-refractivity contribution in [2.45, 2.75) is 6.61 Å². The number of hydrogen-bond acceptors (Lipinski definition) is 3. The van der Waals surface area contributed by atoms with Gasteiger partial charge in [-0.25, -0.2) is 9.82 Å². The van der Waals surface area contributed by atoms with E-state index in [1.807, 2.05) is 66.7 Å². The first-order valence-corrected chi connectivity index (χ1v) is 9.48. The van der Waals surface area contributed by atoms with Crippen LogP contribution in [-0.4, -0.2) is 12.1 Å². The van der Waals surface area contributed by atoms with Crippen LogP contribution in [0.2, 0.25) is 0 Å². The summed E-state index contributed by atoms with van der Waals surface area (Å²) in [6.45, 7) is 0.419. The summed E-state index contributed by atoms with van der Waals surface area (Å²) in [7, 11) is 0. The number of nitrogens with one attached hydrogen (secondary N) is 1. The molecule has 4 aromatic rings. The average molecular weight is 398 g/mol. The van der Waals surface area contributed by atoms with Gasteiger partial charge >= 0.3 is 0 Å². The average Bonchev–Trinajstić information content (AvgIpc) is 2.79. The molecule has 0 aliphatic heterocycles. The first-order valence-electron chi connectivity index (χ1n) is 9.48. The largest absolute Gasteiger partial charge is 0.488 e. The van der Waals surface area contributed by atoms with Gasteiger partial charge in [-0.15, -0.1) is 0 Å². The van der Waals surface area contributed by atoms with Crippen molar-refractivity contribution >= 4 is 22.9 Å². The molecule has 0 atom stereocenters. The van der Waals surface area contributed by atoms with Crippen molar-refractivity contribution < 1.29 is 13.9 Å². The van der Waals surface area contributed by atoms with Crippen LogP contribution in [0.25, 0.3) is 10.8 Å². The molecule has 0 heterocycles. The number of hydrogen-bond donors (Lipinski definition) is 1. The molecule has 0 aliphatic rings. The van der Waals surface area contributed by atoms with E-state index in [4.69, 9.17) is 4.74 Å². The number of hydrazone groups is 1. The molecule has 1 N–H and O–H groups in total. The molecule has 0 saturated heterocycles. The SMILES string of the molecule is O=C(N/N=C\c1c(OCc2ccccc2)ccc2ccccc12)c1ccc(F)cc1. The van der Waals surface area contributed by atoms with Crippen molar-refractivity contribution in [2.24, 2.45) is 5.10 Å². The third-order valence-electron chi connectivity index (χ3n) is 4.63. The Kier molecular flexibility index (Phi) is 5.80. The normalized spacial score (nSPS) is 11.0. The Morgan fingerprint density at radius 3 is 2.43 bits per heavy atom. The zero-order valence-electron chi connectivity index (χ0n) is 16.1. The summed E-state index contributed by atoms with van der Waals surface area (Å²) in [5.41, 5.74) is 4.63. The van der Waals surface area contributed by atoms with Crippen LogP contribution in [0.5, 0.6) is 5.75 Å². The molecule has 0 fully saturated rings. The van der Waals surface area contributed by atoms with Crippen molar-refractivity contribution in [1.29, 1.82) is 0 Å². The molecule has 0 aromatic heterocycles. The molecule has 5 heteroatoms. The number of ether oxygens (including phenoxy) is 1. The van der Waals surface area contributed by atoms with Crippen LogP contribution in [-0.2, 0) is 6.61 Å². The van der Waals surface area contributed by atoms with E-state index in [2.05, 4.69) is 10.5 Å². The second kappa shape index (κ2) is 9.01. The van der Waals surface area contributed by atoms with E-state index < -0.39 is 11.7 Å². The maximum atomic E-state index is 13.0. The molecule has 0 spiro atoms. The molecule has 4 rings (SSSR count). The predicted molar refractivity (Wildman–Crippen MR) is 116 cm³/mol. The van der Waals surface area contributed by atoms with Gasteiger partial charge < -0.3 is 4.74 Å². The predicted octanol–water partition coefficient (Wildman–Crippen LogP) is 5.32. The van der Waals surface area contributed by atoms with Crippen LogP contribution < -0.4 is 10.2 Å². The number of rotatable bonds is 6. The summed E-state index contributed by atoms with van der Waals surface area (Å²) in [6, 6.07) is 26.9. The van der Waals surface area contributed by atoms with E-state index >= 15 is 0 Å². The monoisotopic (exact) mass is 398 g/mol.